The van der Waals surface area contributed by atoms with Gasteiger partial charge in [-0.2, -0.15) is 0 Å². The Morgan fingerprint density at radius 2 is 1.95 bits per heavy atom. The number of ether oxygens (including phenoxy) is 2. The first kappa shape index (κ1) is 13.9. The van der Waals surface area contributed by atoms with Crippen LogP contribution in [0.3, 0.4) is 0 Å². The maximum absolute atomic E-state index is 13.4. The predicted octanol–water partition coefficient (Wildman–Crippen LogP) is 3.88. The molecule has 21 heavy (non-hydrogen) atoms. The third-order valence-corrected chi connectivity index (χ3v) is 3.45. The fourth-order valence-electron chi connectivity index (χ4n) is 2.12. The van der Waals surface area contributed by atoms with E-state index in [-0.39, 0.29) is 5.82 Å². The van der Waals surface area contributed by atoms with Crippen molar-refractivity contribution in [1.29, 1.82) is 0 Å². The van der Waals surface area contributed by atoms with Gasteiger partial charge in [-0.15, -0.1) is 0 Å². The maximum Gasteiger partial charge on any atom is 0.132 e. The van der Waals surface area contributed by atoms with Gasteiger partial charge >= 0.3 is 0 Å². The van der Waals surface area contributed by atoms with Crippen molar-refractivity contribution in [3.63, 3.8) is 0 Å². The van der Waals surface area contributed by atoms with E-state index in [1.807, 2.05) is 18.2 Å². The van der Waals surface area contributed by atoms with Crippen LogP contribution in [0.1, 0.15) is 18.4 Å². The molecule has 1 aliphatic carbocycles. The summed E-state index contributed by atoms with van der Waals surface area (Å²) in [5, 5.41) is 3.38. The van der Waals surface area contributed by atoms with Gasteiger partial charge in [0.15, 0.2) is 0 Å². The Balaban J connectivity index is 1.79. The minimum Gasteiger partial charge on any atom is -0.497 e. The Morgan fingerprint density at radius 1 is 1.14 bits per heavy atom. The maximum atomic E-state index is 13.4. The van der Waals surface area contributed by atoms with E-state index in [0.717, 1.165) is 11.3 Å². The molecule has 0 bridgehead atoms. The van der Waals surface area contributed by atoms with Gasteiger partial charge in [0.2, 0.25) is 0 Å². The monoisotopic (exact) mass is 287 g/mol. The quantitative estimate of drug-likeness (QED) is 0.874. The van der Waals surface area contributed by atoms with E-state index in [2.05, 4.69) is 5.32 Å². The lowest BCUT2D eigenvalue weighted by molar-refractivity contribution is 0.408. The second-order valence-electron chi connectivity index (χ2n) is 5.19. The summed E-state index contributed by atoms with van der Waals surface area (Å²) in [6.45, 7) is 0.613. The van der Waals surface area contributed by atoms with Crippen molar-refractivity contribution in [3.8, 4) is 17.2 Å². The minimum absolute atomic E-state index is 0.249. The minimum atomic E-state index is -0.249. The van der Waals surface area contributed by atoms with Crippen molar-refractivity contribution in [2.24, 2.45) is 0 Å². The molecular weight excluding hydrogens is 269 g/mol. The lowest BCUT2D eigenvalue weighted by Gasteiger charge is -2.12. The molecule has 3 rings (SSSR count). The summed E-state index contributed by atoms with van der Waals surface area (Å²) in [7, 11) is 1.61. The van der Waals surface area contributed by atoms with Crippen LogP contribution < -0.4 is 14.8 Å². The molecule has 3 nitrogen and oxygen atoms in total. The van der Waals surface area contributed by atoms with E-state index < -0.39 is 0 Å². The van der Waals surface area contributed by atoms with E-state index in [4.69, 9.17) is 9.47 Å². The highest BCUT2D eigenvalue weighted by molar-refractivity contribution is 5.40. The molecule has 110 valence electrons. The molecule has 0 heterocycles. The van der Waals surface area contributed by atoms with Crippen LogP contribution in [0.4, 0.5) is 4.39 Å². The van der Waals surface area contributed by atoms with Crippen LogP contribution in [0.15, 0.2) is 42.5 Å². The largest absolute Gasteiger partial charge is 0.497 e. The van der Waals surface area contributed by atoms with Crippen LogP contribution in [0.5, 0.6) is 17.2 Å². The molecule has 0 spiro atoms. The Kier molecular flexibility index (Phi) is 4.06. The number of halogens is 1. The van der Waals surface area contributed by atoms with Gasteiger partial charge in [-0.25, -0.2) is 4.39 Å². The van der Waals surface area contributed by atoms with Gasteiger partial charge in [0.05, 0.1) is 7.11 Å². The molecule has 0 radical (unpaired) electrons. The van der Waals surface area contributed by atoms with Crippen LogP contribution in [0.25, 0.3) is 0 Å². The first-order valence-corrected chi connectivity index (χ1v) is 7.08. The topological polar surface area (TPSA) is 30.5 Å². The molecule has 0 amide bonds. The Morgan fingerprint density at radius 3 is 2.71 bits per heavy atom. The van der Waals surface area contributed by atoms with Crippen molar-refractivity contribution in [3.05, 3.63) is 53.8 Å². The second-order valence-corrected chi connectivity index (χ2v) is 5.19. The van der Waals surface area contributed by atoms with Crippen molar-refractivity contribution in [2.45, 2.75) is 25.4 Å². The number of nitrogens with one attached hydrogen (secondary N) is 1. The highest BCUT2D eigenvalue weighted by atomic mass is 19.1. The first-order valence-electron chi connectivity index (χ1n) is 7.08. The van der Waals surface area contributed by atoms with Gasteiger partial charge in [-0.05, 0) is 43.2 Å². The number of hydrogen-bond acceptors (Lipinski definition) is 3. The van der Waals surface area contributed by atoms with Gasteiger partial charge in [0, 0.05) is 24.2 Å². The summed E-state index contributed by atoms with van der Waals surface area (Å²) in [4.78, 5) is 0. The number of methoxy groups -OCH3 is 1. The van der Waals surface area contributed by atoms with Crippen LogP contribution in [0, 0.1) is 5.82 Å². The molecule has 0 aromatic heterocycles. The number of benzene rings is 2. The van der Waals surface area contributed by atoms with Crippen LogP contribution in [-0.4, -0.2) is 13.2 Å². The van der Waals surface area contributed by atoms with Gasteiger partial charge in [-0.1, -0.05) is 6.07 Å². The molecule has 0 unspecified atom stereocenters. The van der Waals surface area contributed by atoms with E-state index in [1.165, 1.54) is 25.0 Å². The Bertz CT molecular complexity index is 626. The zero-order chi connectivity index (χ0) is 14.7. The normalized spacial score (nSPS) is 14.0. The van der Waals surface area contributed by atoms with E-state index in [9.17, 15) is 4.39 Å². The molecule has 1 fully saturated rings. The summed E-state index contributed by atoms with van der Waals surface area (Å²) in [5.74, 6) is 1.82. The molecule has 1 N–H and O–H groups in total. The zero-order valence-corrected chi connectivity index (χ0v) is 11.9. The molecule has 0 atom stereocenters. The summed E-state index contributed by atoms with van der Waals surface area (Å²) in [6.07, 6.45) is 2.39. The number of rotatable bonds is 6. The smallest absolute Gasteiger partial charge is 0.132 e. The third-order valence-electron chi connectivity index (χ3n) is 3.45. The van der Waals surface area contributed by atoms with Gasteiger partial charge < -0.3 is 14.8 Å². The summed E-state index contributed by atoms with van der Waals surface area (Å²) in [6, 6.07) is 12.5. The molecule has 4 heteroatoms. The molecule has 0 saturated heterocycles. The molecule has 2 aromatic rings. The Hall–Kier alpha value is -2.07. The predicted molar refractivity (Wildman–Crippen MR) is 79.3 cm³/mol. The Labute approximate surface area is 123 Å². The summed E-state index contributed by atoms with van der Waals surface area (Å²) in [5.41, 5.74) is 0.824. The van der Waals surface area contributed by atoms with Crippen LogP contribution in [0.2, 0.25) is 0 Å². The van der Waals surface area contributed by atoms with Crippen LogP contribution >= 0.6 is 0 Å². The SMILES string of the molecule is COc1cccc(Oc2ccc(F)cc2CNC2CC2)c1. The third kappa shape index (κ3) is 3.73. The second kappa shape index (κ2) is 6.14. The fourth-order valence-corrected chi connectivity index (χ4v) is 2.12. The van der Waals surface area contributed by atoms with Gasteiger partial charge in [-0.3, -0.25) is 0 Å². The molecule has 1 saturated carbocycles. The lowest BCUT2D eigenvalue weighted by Crippen LogP contribution is -2.15. The van der Waals surface area contributed by atoms with E-state index in [1.54, 1.807) is 19.2 Å². The summed E-state index contributed by atoms with van der Waals surface area (Å²) >= 11 is 0. The molecule has 0 aliphatic heterocycles. The average Bonchev–Trinajstić information content (AvgIpc) is 3.32. The molecule has 2 aromatic carbocycles. The molecular formula is C17H18FNO2. The highest BCUT2D eigenvalue weighted by Crippen LogP contribution is 2.29. The van der Waals surface area contributed by atoms with Crippen molar-refractivity contribution in [2.75, 3.05) is 7.11 Å². The summed E-state index contributed by atoms with van der Waals surface area (Å²) < 4.78 is 24.5. The highest BCUT2D eigenvalue weighted by Gasteiger charge is 2.20. The first-order chi connectivity index (χ1) is 10.2. The van der Waals surface area contributed by atoms with Gasteiger partial charge in [0.25, 0.3) is 0 Å². The zero-order valence-electron chi connectivity index (χ0n) is 11.9. The average molecular weight is 287 g/mol. The van der Waals surface area contributed by atoms with Crippen molar-refractivity contribution < 1.29 is 13.9 Å². The lowest BCUT2D eigenvalue weighted by atomic mass is 10.2. The van der Waals surface area contributed by atoms with Gasteiger partial charge in [0.1, 0.15) is 23.1 Å². The number of hydrogen-bond donors (Lipinski definition) is 1. The van der Waals surface area contributed by atoms with Crippen LogP contribution in [-0.2, 0) is 6.54 Å². The van der Waals surface area contributed by atoms with E-state index in [0.29, 0.717) is 24.1 Å². The molecule has 1 aliphatic rings. The standard InChI is InChI=1S/C17H18FNO2/c1-20-15-3-2-4-16(10-15)21-17-8-5-13(18)9-12(17)11-19-14-6-7-14/h2-5,8-10,14,19H,6-7,11H2,1H3. The van der Waals surface area contributed by atoms with Crippen molar-refractivity contribution >= 4 is 0 Å². The fraction of sp³-hybridized carbons (Fsp3) is 0.294. The van der Waals surface area contributed by atoms with Crippen molar-refractivity contribution in [1.82, 2.24) is 5.32 Å². The van der Waals surface area contributed by atoms with E-state index >= 15 is 0 Å².